The number of anilines is 2. The zero-order valence-corrected chi connectivity index (χ0v) is 18.1. The second kappa shape index (κ2) is 8.05. The highest BCUT2D eigenvalue weighted by molar-refractivity contribution is 6.29. The van der Waals surface area contributed by atoms with Gasteiger partial charge in [0.1, 0.15) is 5.15 Å². The highest BCUT2D eigenvalue weighted by Gasteiger charge is 2.25. The van der Waals surface area contributed by atoms with Crippen molar-refractivity contribution in [3.05, 3.63) is 106 Å². The molecule has 0 saturated heterocycles. The summed E-state index contributed by atoms with van der Waals surface area (Å²) in [5.41, 5.74) is 4.73. The van der Waals surface area contributed by atoms with Crippen molar-refractivity contribution in [3.8, 4) is 0 Å². The van der Waals surface area contributed by atoms with Crippen LogP contribution in [0.25, 0.3) is 0 Å². The number of halogens is 1. The van der Waals surface area contributed by atoms with Gasteiger partial charge >= 0.3 is 0 Å². The molecule has 4 aromatic rings. The summed E-state index contributed by atoms with van der Waals surface area (Å²) in [7, 11) is 0. The molecule has 0 bridgehead atoms. The van der Waals surface area contributed by atoms with E-state index in [9.17, 15) is 9.59 Å². The van der Waals surface area contributed by atoms with Gasteiger partial charge in [0, 0.05) is 28.2 Å². The summed E-state index contributed by atoms with van der Waals surface area (Å²) >= 11 is 6.37. The first-order chi connectivity index (χ1) is 15.5. The first-order valence-corrected chi connectivity index (χ1v) is 10.6. The molecule has 32 heavy (non-hydrogen) atoms. The minimum absolute atomic E-state index is 0.122. The van der Waals surface area contributed by atoms with Gasteiger partial charge in [0.25, 0.3) is 11.8 Å². The van der Waals surface area contributed by atoms with Crippen LogP contribution in [0.5, 0.6) is 0 Å². The van der Waals surface area contributed by atoms with Crippen molar-refractivity contribution in [1.82, 2.24) is 4.57 Å². The summed E-state index contributed by atoms with van der Waals surface area (Å²) in [5.74, 6) is -0.179. The molecular formula is C25H20ClN3O3. The summed E-state index contributed by atoms with van der Waals surface area (Å²) in [5, 5.41) is 3.45. The van der Waals surface area contributed by atoms with E-state index in [-0.39, 0.29) is 17.6 Å². The number of carbonyl (C=O) groups excluding carboxylic acids is 2. The topological polar surface area (TPSA) is 67.5 Å². The maximum Gasteiger partial charge on any atom is 0.291 e. The lowest BCUT2D eigenvalue weighted by molar-refractivity contribution is 0.0982. The second-order valence-corrected chi connectivity index (χ2v) is 8.11. The molecule has 0 atom stereocenters. The van der Waals surface area contributed by atoms with Crippen molar-refractivity contribution >= 4 is 34.8 Å². The number of amides is 2. The molecule has 3 heterocycles. The molecule has 0 saturated carbocycles. The van der Waals surface area contributed by atoms with Crippen LogP contribution in [0.2, 0.25) is 5.15 Å². The minimum atomic E-state index is -0.328. The maximum atomic E-state index is 13.5. The number of para-hydroxylation sites is 1. The SMILES string of the molecule is Cc1ccoc1C(=O)Nc1ccc(C(=O)N2Cc3ccc(Cl)n3Cc3ccccc32)cc1. The molecule has 0 radical (unpaired) electrons. The second-order valence-electron chi connectivity index (χ2n) is 7.72. The zero-order chi connectivity index (χ0) is 22.2. The number of nitrogens with zero attached hydrogens (tertiary/aromatic N) is 2. The van der Waals surface area contributed by atoms with Crippen molar-refractivity contribution < 1.29 is 14.0 Å². The summed E-state index contributed by atoms with van der Waals surface area (Å²) in [6.07, 6.45) is 1.48. The van der Waals surface area contributed by atoms with Crippen LogP contribution in [0.4, 0.5) is 11.4 Å². The van der Waals surface area contributed by atoms with Gasteiger partial charge in [-0.2, -0.15) is 0 Å². The van der Waals surface area contributed by atoms with Crippen LogP contribution in [0.15, 0.2) is 77.4 Å². The van der Waals surface area contributed by atoms with E-state index in [1.165, 1.54) is 6.26 Å². The Labute approximate surface area is 190 Å². The maximum absolute atomic E-state index is 13.5. The van der Waals surface area contributed by atoms with Gasteiger partial charge in [-0.3, -0.25) is 9.59 Å². The number of nitrogens with one attached hydrogen (secondary N) is 1. The number of aryl methyl sites for hydroxylation is 1. The summed E-state index contributed by atoms with van der Waals surface area (Å²) in [4.78, 5) is 27.6. The Morgan fingerprint density at radius 1 is 0.969 bits per heavy atom. The Morgan fingerprint density at radius 2 is 1.75 bits per heavy atom. The first-order valence-electron chi connectivity index (χ1n) is 10.2. The van der Waals surface area contributed by atoms with Crippen LogP contribution in [-0.2, 0) is 13.1 Å². The number of carbonyl (C=O) groups is 2. The van der Waals surface area contributed by atoms with Crippen molar-refractivity contribution in [2.75, 3.05) is 10.2 Å². The summed E-state index contributed by atoms with van der Waals surface area (Å²) < 4.78 is 7.25. The first kappa shape index (κ1) is 20.2. The summed E-state index contributed by atoms with van der Waals surface area (Å²) in [6.45, 7) is 2.83. The molecule has 6 nitrogen and oxygen atoms in total. The molecule has 1 aliphatic rings. The van der Waals surface area contributed by atoms with Gasteiger partial charge in [0.15, 0.2) is 5.76 Å². The third-order valence-electron chi connectivity index (χ3n) is 5.65. The molecule has 160 valence electrons. The molecule has 5 rings (SSSR count). The standard InChI is InChI=1S/C25H20ClN3O3/c1-16-12-13-32-23(16)24(30)27-19-8-6-17(7-9-19)25(31)29-15-20-10-11-22(26)28(20)14-18-4-2-3-5-21(18)29/h2-13H,14-15H2,1H3,(H,27,30). The fraction of sp³-hybridized carbons (Fsp3) is 0.120. The van der Waals surface area contributed by atoms with E-state index < -0.39 is 0 Å². The number of aromatic nitrogens is 1. The Hall–Kier alpha value is -3.77. The smallest absolute Gasteiger partial charge is 0.291 e. The molecule has 2 aromatic heterocycles. The van der Waals surface area contributed by atoms with Gasteiger partial charge in [-0.05, 0) is 61.0 Å². The Kier molecular flexibility index (Phi) is 5.07. The molecule has 0 aliphatic carbocycles. The normalized spacial score (nSPS) is 12.6. The van der Waals surface area contributed by atoms with E-state index in [1.807, 2.05) is 47.9 Å². The Morgan fingerprint density at radius 3 is 2.50 bits per heavy atom. The van der Waals surface area contributed by atoms with Crippen LogP contribution in [0.3, 0.4) is 0 Å². The minimum Gasteiger partial charge on any atom is -0.459 e. The molecule has 2 amide bonds. The van der Waals surface area contributed by atoms with Crippen LogP contribution in [0.1, 0.15) is 37.7 Å². The third-order valence-corrected chi connectivity index (χ3v) is 5.98. The predicted molar refractivity (Wildman–Crippen MR) is 123 cm³/mol. The van der Waals surface area contributed by atoms with Crippen molar-refractivity contribution in [1.29, 1.82) is 0 Å². The molecule has 0 spiro atoms. The molecule has 1 aliphatic heterocycles. The number of fused-ring (bicyclic) bond motifs is 2. The molecule has 0 fully saturated rings. The van der Waals surface area contributed by atoms with E-state index >= 15 is 0 Å². The van der Waals surface area contributed by atoms with E-state index in [1.54, 1.807) is 35.2 Å². The van der Waals surface area contributed by atoms with Gasteiger partial charge in [-0.25, -0.2) is 0 Å². The number of furan rings is 1. The Bertz CT molecular complexity index is 1320. The zero-order valence-electron chi connectivity index (χ0n) is 17.3. The molecule has 1 N–H and O–H groups in total. The lowest BCUT2D eigenvalue weighted by Crippen LogP contribution is -2.30. The van der Waals surface area contributed by atoms with Crippen LogP contribution >= 0.6 is 11.6 Å². The molecule has 0 unspecified atom stereocenters. The van der Waals surface area contributed by atoms with Gasteiger partial charge in [-0.15, -0.1) is 0 Å². The van der Waals surface area contributed by atoms with Crippen molar-refractivity contribution in [2.24, 2.45) is 0 Å². The largest absolute Gasteiger partial charge is 0.459 e. The van der Waals surface area contributed by atoms with Gasteiger partial charge in [0.2, 0.25) is 0 Å². The quantitative estimate of drug-likeness (QED) is 0.452. The van der Waals surface area contributed by atoms with Crippen molar-refractivity contribution in [2.45, 2.75) is 20.0 Å². The lowest BCUT2D eigenvalue weighted by Gasteiger charge is -2.23. The van der Waals surface area contributed by atoms with Gasteiger partial charge in [-0.1, -0.05) is 29.8 Å². The lowest BCUT2D eigenvalue weighted by atomic mass is 10.1. The molecule has 7 heteroatoms. The van der Waals surface area contributed by atoms with E-state index in [0.29, 0.717) is 29.5 Å². The van der Waals surface area contributed by atoms with E-state index in [0.717, 1.165) is 22.5 Å². The average Bonchev–Trinajstić information content (AvgIpc) is 3.33. The fourth-order valence-electron chi connectivity index (χ4n) is 3.95. The van der Waals surface area contributed by atoms with E-state index in [2.05, 4.69) is 5.32 Å². The average molecular weight is 446 g/mol. The third kappa shape index (κ3) is 3.59. The monoisotopic (exact) mass is 445 g/mol. The van der Waals surface area contributed by atoms with Crippen LogP contribution < -0.4 is 10.2 Å². The van der Waals surface area contributed by atoms with Crippen molar-refractivity contribution in [3.63, 3.8) is 0 Å². The fourth-order valence-corrected chi connectivity index (χ4v) is 4.18. The van der Waals surface area contributed by atoms with Gasteiger partial charge < -0.3 is 19.2 Å². The van der Waals surface area contributed by atoms with E-state index in [4.69, 9.17) is 16.0 Å². The number of hydrogen-bond acceptors (Lipinski definition) is 3. The van der Waals surface area contributed by atoms with Gasteiger partial charge in [0.05, 0.1) is 19.4 Å². The van der Waals surface area contributed by atoms with Crippen LogP contribution in [-0.4, -0.2) is 16.4 Å². The summed E-state index contributed by atoms with van der Waals surface area (Å²) in [6, 6.07) is 20.2. The molecule has 2 aromatic carbocycles. The van der Waals surface area contributed by atoms with Crippen LogP contribution in [0, 0.1) is 6.92 Å². The Balaban J connectivity index is 1.41. The number of rotatable bonds is 3. The highest BCUT2D eigenvalue weighted by Crippen LogP contribution is 2.31. The number of benzene rings is 2. The predicted octanol–water partition coefficient (Wildman–Crippen LogP) is 5.50. The number of hydrogen-bond donors (Lipinski definition) is 1. The molecular weight excluding hydrogens is 426 g/mol. The highest BCUT2D eigenvalue weighted by atomic mass is 35.5.